The summed E-state index contributed by atoms with van der Waals surface area (Å²) < 4.78 is 14.0. The van der Waals surface area contributed by atoms with E-state index in [1.807, 2.05) is 6.07 Å². The highest BCUT2D eigenvalue weighted by Crippen LogP contribution is 2.39. The Morgan fingerprint density at radius 3 is 2.31 bits per heavy atom. The Morgan fingerprint density at radius 1 is 0.875 bits per heavy atom. The third-order valence-electron chi connectivity index (χ3n) is 6.60. The summed E-state index contributed by atoms with van der Waals surface area (Å²) in [6.07, 6.45) is 5.57. The summed E-state index contributed by atoms with van der Waals surface area (Å²) in [6.45, 7) is 5.17. The second-order valence-corrected chi connectivity index (χ2v) is 8.60. The van der Waals surface area contributed by atoms with Crippen LogP contribution in [0.5, 0.6) is 0 Å². The second-order valence-electron chi connectivity index (χ2n) is 8.60. The minimum Gasteiger partial charge on any atom is -0.356 e. The van der Waals surface area contributed by atoms with Crippen molar-refractivity contribution >= 4 is 16.9 Å². The highest BCUT2D eigenvalue weighted by molar-refractivity contribution is 6.02. The van der Waals surface area contributed by atoms with E-state index in [1.54, 1.807) is 6.33 Å². The number of aryl methyl sites for hydroxylation is 1. The lowest BCUT2D eigenvalue weighted by Crippen LogP contribution is -2.45. The van der Waals surface area contributed by atoms with Gasteiger partial charge in [0.05, 0.1) is 18.6 Å². The molecule has 0 unspecified atom stereocenters. The molecule has 1 spiro atoms. The van der Waals surface area contributed by atoms with Crippen molar-refractivity contribution in [3.8, 4) is 16.8 Å². The van der Waals surface area contributed by atoms with Crippen LogP contribution in [-0.4, -0.2) is 46.6 Å². The Kier molecular flexibility index (Phi) is 4.70. The third kappa shape index (κ3) is 3.27. The molecule has 4 heterocycles. The van der Waals surface area contributed by atoms with Gasteiger partial charge in [-0.2, -0.15) is 0 Å². The van der Waals surface area contributed by atoms with Crippen LogP contribution in [0.15, 0.2) is 67.1 Å². The molecule has 0 amide bonds. The van der Waals surface area contributed by atoms with Crippen LogP contribution in [0.1, 0.15) is 18.4 Å². The van der Waals surface area contributed by atoms with Crippen LogP contribution in [0.2, 0.25) is 0 Å². The largest absolute Gasteiger partial charge is 0.356 e. The van der Waals surface area contributed by atoms with Gasteiger partial charge >= 0.3 is 0 Å². The van der Waals surface area contributed by atoms with E-state index < -0.39 is 5.79 Å². The van der Waals surface area contributed by atoms with E-state index in [1.165, 1.54) is 5.56 Å². The first-order valence-electron chi connectivity index (χ1n) is 11.2. The van der Waals surface area contributed by atoms with Gasteiger partial charge in [-0.3, -0.25) is 0 Å². The molecule has 6 rings (SSSR count). The standard InChI is InChI=1S/C26H26N4O2/c1-19-7-9-21(10-8-19)30-17-22(20-5-3-2-4-6-20)23-24(27-18-28-25(23)30)29-13-11-26(12-14-29)31-15-16-32-26/h2-10,17-18H,11-16H2,1H3. The SMILES string of the molecule is Cc1ccc(-n2cc(-c3ccccc3)c3c(N4CCC5(CC4)OCCO5)ncnc32)cc1. The van der Waals surface area contributed by atoms with Gasteiger partial charge in [0.1, 0.15) is 12.1 Å². The van der Waals surface area contributed by atoms with Gasteiger partial charge in [0.25, 0.3) is 0 Å². The molecule has 32 heavy (non-hydrogen) atoms. The van der Waals surface area contributed by atoms with Gasteiger partial charge in [-0.25, -0.2) is 9.97 Å². The average molecular weight is 427 g/mol. The fourth-order valence-corrected chi connectivity index (χ4v) is 4.87. The van der Waals surface area contributed by atoms with Crippen molar-refractivity contribution in [3.05, 3.63) is 72.7 Å². The highest BCUT2D eigenvalue weighted by atomic mass is 16.7. The number of hydrogen-bond donors (Lipinski definition) is 0. The minimum absolute atomic E-state index is 0.404. The molecule has 2 fully saturated rings. The van der Waals surface area contributed by atoms with E-state index in [2.05, 4.69) is 71.1 Å². The first-order chi connectivity index (χ1) is 15.7. The average Bonchev–Trinajstić information content (AvgIpc) is 3.46. The van der Waals surface area contributed by atoms with Crippen molar-refractivity contribution in [2.45, 2.75) is 25.6 Å². The lowest BCUT2D eigenvalue weighted by molar-refractivity contribution is -0.169. The Balaban J connectivity index is 1.49. The first kappa shape index (κ1) is 19.5. The molecule has 2 aromatic heterocycles. The lowest BCUT2D eigenvalue weighted by atomic mass is 10.0. The van der Waals surface area contributed by atoms with Crippen LogP contribution >= 0.6 is 0 Å². The van der Waals surface area contributed by atoms with Crippen LogP contribution in [0, 0.1) is 6.92 Å². The smallest absolute Gasteiger partial charge is 0.171 e. The van der Waals surface area contributed by atoms with Gasteiger partial charge in [-0.15, -0.1) is 0 Å². The number of fused-ring (bicyclic) bond motifs is 1. The normalized spacial score (nSPS) is 18.0. The molecule has 4 aromatic rings. The second kappa shape index (κ2) is 7.73. The molecule has 0 saturated carbocycles. The molecule has 6 heteroatoms. The summed E-state index contributed by atoms with van der Waals surface area (Å²) in [4.78, 5) is 11.9. The van der Waals surface area contributed by atoms with Crippen LogP contribution in [0.25, 0.3) is 27.8 Å². The Bertz CT molecular complexity index is 1230. The molecule has 162 valence electrons. The summed E-state index contributed by atoms with van der Waals surface area (Å²) in [7, 11) is 0. The summed E-state index contributed by atoms with van der Waals surface area (Å²) in [5.41, 5.74) is 5.56. The van der Waals surface area contributed by atoms with Crippen molar-refractivity contribution in [3.63, 3.8) is 0 Å². The van der Waals surface area contributed by atoms with E-state index in [0.29, 0.717) is 13.2 Å². The molecule has 0 bridgehead atoms. The molecule has 2 saturated heterocycles. The van der Waals surface area contributed by atoms with E-state index in [9.17, 15) is 0 Å². The van der Waals surface area contributed by atoms with Crippen molar-refractivity contribution in [1.29, 1.82) is 0 Å². The number of benzene rings is 2. The van der Waals surface area contributed by atoms with Gasteiger partial charge in [-0.1, -0.05) is 48.0 Å². The lowest BCUT2D eigenvalue weighted by Gasteiger charge is -2.38. The Labute approximate surface area is 187 Å². The molecule has 0 N–H and O–H groups in total. The molecule has 2 aromatic carbocycles. The molecule has 0 aliphatic carbocycles. The van der Waals surface area contributed by atoms with E-state index >= 15 is 0 Å². The number of hydrogen-bond acceptors (Lipinski definition) is 5. The molecular weight excluding hydrogens is 400 g/mol. The number of ether oxygens (including phenoxy) is 2. The Morgan fingerprint density at radius 2 is 1.59 bits per heavy atom. The molecule has 0 atom stereocenters. The summed E-state index contributed by atoms with van der Waals surface area (Å²) in [5.74, 6) is 0.575. The van der Waals surface area contributed by atoms with Gasteiger partial charge in [-0.05, 0) is 24.6 Å². The topological polar surface area (TPSA) is 52.4 Å². The maximum Gasteiger partial charge on any atom is 0.171 e. The fourth-order valence-electron chi connectivity index (χ4n) is 4.87. The third-order valence-corrected chi connectivity index (χ3v) is 6.60. The Hall–Kier alpha value is -3.22. The zero-order valence-corrected chi connectivity index (χ0v) is 18.2. The van der Waals surface area contributed by atoms with E-state index in [-0.39, 0.29) is 0 Å². The van der Waals surface area contributed by atoms with E-state index in [0.717, 1.165) is 59.6 Å². The van der Waals surface area contributed by atoms with Crippen LogP contribution in [0.4, 0.5) is 5.82 Å². The first-order valence-corrected chi connectivity index (χ1v) is 11.2. The van der Waals surface area contributed by atoms with Gasteiger partial charge in [0.15, 0.2) is 11.4 Å². The van der Waals surface area contributed by atoms with Gasteiger partial charge in [0.2, 0.25) is 0 Å². The van der Waals surface area contributed by atoms with Gasteiger partial charge < -0.3 is 18.9 Å². The van der Waals surface area contributed by atoms with Crippen LogP contribution < -0.4 is 4.90 Å². The maximum absolute atomic E-state index is 5.93. The van der Waals surface area contributed by atoms with Crippen LogP contribution in [0.3, 0.4) is 0 Å². The zero-order valence-electron chi connectivity index (χ0n) is 18.2. The fraction of sp³-hybridized carbons (Fsp3) is 0.308. The van der Waals surface area contributed by atoms with Crippen molar-refractivity contribution in [2.75, 3.05) is 31.2 Å². The number of anilines is 1. The molecule has 2 aliphatic rings. The quantitative estimate of drug-likeness (QED) is 0.474. The number of piperidine rings is 1. The molecule has 2 aliphatic heterocycles. The molecule has 0 radical (unpaired) electrons. The van der Waals surface area contributed by atoms with Crippen molar-refractivity contribution < 1.29 is 9.47 Å². The van der Waals surface area contributed by atoms with E-state index in [4.69, 9.17) is 19.4 Å². The number of rotatable bonds is 3. The predicted molar refractivity (Wildman–Crippen MR) is 125 cm³/mol. The van der Waals surface area contributed by atoms with Crippen molar-refractivity contribution in [1.82, 2.24) is 14.5 Å². The van der Waals surface area contributed by atoms with Crippen molar-refractivity contribution in [2.24, 2.45) is 0 Å². The molecule has 6 nitrogen and oxygen atoms in total. The predicted octanol–water partition coefficient (Wildman–Crippen LogP) is 4.74. The summed E-state index contributed by atoms with van der Waals surface area (Å²) >= 11 is 0. The molecular formula is C26H26N4O2. The number of aromatic nitrogens is 3. The summed E-state index contributed by atoms with van der Waals surface area (Å²) in [5, 5.41) is 1.09. The minimum atomic E-state index is -0.404. The summed E-state index contributed by atoms with van der Waals surface area (Å²) in [6, 6.07) is 19.1. The number of nitrogens with zero attached hydrogens (tertiary/aromatic N) is 4. The highest BCUT2D eigenvalue weighted by Gasteiger charge is 2.40. The zero-order chi connectivity index (χ0) is 21.5. The van der Waals surface area contributed by atoms with Gasteiger partial charge in [0, 0.05) is 43.4 Å². The monoisotopic (exact) mass is 426 g/mol. The maximum atomic E-state index is 5.93. The van der Waals surface area contributed by atoms with Crippen LogP contribution in [-0.2, 0) is 9.47 Å².